The van der Waals surface area contributed by atoms with Crippen molar-refractivity contribution >= 4 is 6.09 Å². The van der Waals surface area contributed by atoms with Crippen LogP contribution >= 0.6 is 0 Å². The van der Waals surface area contributed by atoms with Crippen LogP contribution in [0.4, 0.5) is 4.79 Å². The highest BCUT2D eigenvalue weighted by atomic mass is 16.6. The number of ether oxygens (including phenoxy) is 1. The number of rotatable bonds is 2. The van der Waals surface area contributed by atoms with E-state index in [9.17, 15) is 4.79 Å². The zero-order valence-corrected chi connectivity index (χ0v) is 16.7. The smallest absolute Gasteiger partial charge is 0.410 e. The fourth-order valence-corrected chi connectivity index (χ4v) is 6.15. The Morgan fingerprint density at radius 1 is 1.14 bits per heavy atom. The summed E-state index contributed by atoms with van der Waals surface area (Å²) in [6.07, 6.45) is 7.03. The number of aryl methyl sites for hydroxylation is 1. The number of carbonyl (C=O) groups excluding carboxylic acids is 1. The third-order valence-electron chi connectivity index (χ3n) is 7.43. The number of nitrogens with zero attached hydrogens (tertiary/aromatic N) is 1. The molecule has 2 bridgehead atoms. The van der Waals surface area contributed by atoms with Gasteiger partial charge in [0.1, 0.15) is 6.61 Å². The molecular weight excluding hydrogens is 346 g/mol. The Hall–Kier alpha value is -2.29. The zero-order chi connectivity index (χ0) is 19.1. The SMILES string of the molecule is Cc1ccc2c(c1)[C@@]13CCCC[C@@H]1[C@@H](C2)N(C(=O)OCc1ccccc1)CC3. The highest BCUT2D eigenvalue weighted by Crippen LogP contribution is 2.55. The molecule has 1 amide bonds. The molecule has 28 heavy (non-hydrogen) atoms. The maximum absolute atomic E-state index is 13.0. The second kappa shape index (κ2) is 6.95. The molecule has 3 nitrogen and oxygen atoms in total. The molecule has 0 unspecified atom stereocenters. The molecule has 2 aromatic carbocycles. The molecule has 3 heteroatoms. The summed E-state index contributed by atoms with van der Waals surface area (Å²) in [5.41, 5.74) is 5.73. The average molecular weight is 376 g/mol. The lowest BCUT2D eigenvalue weighted by Gasteiger charge is -2.58. The van der Waals surface area contributed by atoms with Crippen molar-refractivity contribution < 1.29 is 9.53 Å². The summed E-state index contributed by atoms with van der Waals surface area (Å²) in [4.78, 5) is 15.1. The summed E-state index contributed by atoms with van der Waals surface area (Å²) >= 11 is 0. The number of piperidine rings is 1. The fraction of sp³-hybridized carbons (Fsp3) is 0.480. The maximum Gasteiger partial charge on any atom is 0.410 e. The fourth-order valence-electron chi connectivity index (χ4n) is 6.15. The van der Waals surface area contributed by atoms with Gasteiger partial charge in [0.05, 0.1) is 0 Å². The molecule has 2 fully saturated rings. The predicted octanol–water partition coefficient (Wildman–Crippen LogP) is 5.39. The quantitative estimate of drug-likeness (QED) is 0.704. The van der Waals surface area contributed by atoms with Crippen LogP contribution < -0.4 is 0 Å². The molecule has 0 aromatic heterocycles. The summed E-state index contributed by atoms with van der Waals surface area (Å²) in [6.45, 7) is 3.38. The lowest BCUT2D eigenvalue weighted by atomic mass is 9.52. The Balaban J connectivity index is 1.42. The molecule has 5 rings (SSSR count). The molecule has 2 aromatic rings. The van der Waals surface area contributed by atoms with Crippen LogP contribution in [0.2, 0.25) is 0 Å². The van der Waals surface area contributed by atoms with Gasteiger partial charge in [0, 0.05) is 18.0 Å². The van der Waals surface area contributed by atoms with E-state index in [4.69, 9.17) is 4.74 Å². The van der Waals surface area contributed by atoms with E-state index in [1.165, 1.54) is 36.8 Å². The molecule has 0 spiro atoms. The van der Waals surface area contributed by atoms with Crippen LogP contribution in [0, 0.1) is 12.8 Å². The average Bonchev–Trinajstić information content (AvgIpc) is 2.73. The van der Waals surface area contributed by atoms with Crippen molar-refractivity contribution in [1.29, 1.82) is 0 Å². The number of likely N-dealkylation sites (tertiary alicyclic amines) is 1. The van der Waals surface area contributed by atoms with Crippen LogP contribution in [-0.2, 0) is 23.2 Å². The van der Waals surface area contributed by atoms with Gasteiger partial charge in [-0.05, 0) is 55.2 Å². The molecule has 1 aliphatic heterocycles. The first-order valence-electron chi connectivity index (χ1n) is 10.7. The van der Waals surface area contributed by atoms with Gasteiger partial charge in [0.15, 0.2) is 0 Å². The van der Waals surface area contributed by atoms with E-state index in [0.717, 1.165) is 24.9 Å². The zero-order valence-electron chi connectivity index (χ0n) is 16.7. The van der Waals surface area contributed by atoms with Gasteiger partial charge in [0.25, 0.3) is 0 Å². The minimum Gasteiger partial charge on any atom is -0.445 e. The Morgan fingerprint density at radius 2 is 2.00 bits per heavy atom. The summed E-state index contributed by atoms with van der Waals surface area (Å²) in [6, 6.07) is 17.2. The van der Waals surface area contributed by atoms with E-state index in [0.29, 0.717) is 12.5 Å². The maximum atomic E-state index is 13.0. The topological polar surface area (TPSA) is 29.5 Å². The number of benzene rings is 2. The Kier molecular flexibility index (Phi) is 4.41. The van der Waals surface area contributed by atoms with Crippen LogP contribution in [0.1, 0.15) is 54.4 Å². The first-order chi connectivity index (χ1) is 13.7. The van der Waals surface area contributed by atoms with Crippen LogP contribution in [0.25, 0.3) is 0 Å². The van der Waals surface area contributed by atoms with Crippen molar-refractivity contribution in [2.75, 3.05) is 6.54 Å². The molecular formula is C25H29NO2. The second-order valence-electron chi connectivity index (χ2n) is 8.92. The van der Waals surface area contributed by atoms with Crippen LogP contribution in [-0.4, -0.2) is 23.6 Å². The van der Waals surface area contributed by atoms with Gasteiger partial charge in [0.2, 0.25) is 0 Å². The summed E-state index contributed by atoms with van der Waals surface area (Å²) in [5, 5.41) is 0. The molecule has 2 aliphatic carbocycles. The number of hydrogen-bond donors (Lipinski definition) is 0. The number of hydrogen-bond acceptors (Lipinski definition) is 2. The van der Waals surface area contributed by atoms with Crippen LogP contribution in [0.15, 0.2) is 48.5 Å². The first-order valence-corrected chi connectivity index (χ1v) is 10.7. The van der Waals surface area contributed by atoms with E-state index in [2.05, 4.69) is 30.0 Å². The number of fused-ring (bicyclic) bond motifs is 1. The van der Waals surface area contributed by atoms with Gasteiger partial charge in [-0.1, -0.05) is 66.9 Å². The van der Waals surface area contributed by atoms with Crippen molar-refractivity contribution in [2.45, 2.75) is 63.5 Å². The Morgan fingerprint density at radius 3 is 2.86 bits per heavy atom. The van der Waals surface area contributed by atoms with E-state index >= 15 is 0 Å². The Labute approximate surface area is 167 Å². The number of amides is 1. The van der Waals surface area contributed by atoms with Gasteiger partial charge in [-0.25, -0.2) is 4.79 Å². The van der Waals surface area contributed by atoms with E-state index in [-0.39, 0.29) is 17.6 Å². The lowest BCUT2D eigenvalue weighted by Crippen LogP contribution is -2.62. The van der Waals surface area contributed by atoms with Crippen LogP contribution in [0.3, 0.4) is 0 Å². The predicted molar refractivity (Wildman–Crippen MR) is 110 cm³/mol. The normalized spacial score (nSPS) is 28.2. The molecule has 0 radical (unpaired) electrons. The summed E-state index contributed by atoms with van der Waals surface area (Å²) in [7, 11) is 0. The molecule has 3 aliphatic rings. The van der Waals surface area contributed by atoms with Crippen molar-refractivity contribution in [2.24, 2.45) is 5.92 Å². The third-order valence-corrected chi connectivity index (χ3v) is 7.43. The molecule has 1 saturated heterocycles. The van der Waals surface area contributed by atoms with Gasteiger partial charge >= 0.3 is 6.09 Å². The standard InChI is InChI=1S/C25H29NO2/c1-18-10-11-20-16-23-21-9-5-6-12-25(21,22(20)15-18)13-14-26(23)24(27)28-17-19-7-3-2-4-8-19/h2-4,7-8,10-11,15,21,23H,5-6,9,12-14,16-17H2,1H3/t21-,23-,25-/m1/s1. The van der Waals surface area contributed by atoms with E-state index < -0.39 is 0 Å². The van der Waals surface area contributed by atoms with E-state index in [1.54, 1.807) is 5.56 Å². The minimum atomic E-state index is -0.136. The van der Waals surface area contributed by atoms with Gasteiger partial charge in [-0.2, -0.15) is 0 Å². The number of carbonyl (C=O) groups is 1. The first kappa shape index (κ1) is 17.8. The lowest BCUT2D eigenvalue weighted by molar-refractivity contribution is -0.0136. The summed E-state index contributed by atoms with van der Waals surface area (Å²) in [5.74, 6) is 0.577. The monoisotopic (exact) mass is 375 g/mol. The molecule has 146 valence electrons. The van der Waals surface area contributed by atoms with Crippen LogP contribution in [0.5, 0.6) is 0 Å². The molecule has 1 saturated carbocycles. The van der Waals surface area contributed by atoms with Gasteiger partial charge < -0.3 is 9.64 Å². The van der Waals surface area contributed by atoms with Crippen molar-refractivity contribution in [3.8, 4) is 0 Å². The molecule has 3 atom stereocenters. The second-order valence-corrected chi connectivity index (χ2v) is 8.92. The largest absolute Gasteiger partial charge is 0.445 e. The van der Waals surface area contributed by atoms with Crippen molar-refractivity contribution in [3.05, 3.63) is 70.8 Å². The van der Waals surface area contributed by atoms with Crippen molar-refractivity contribution in [3.63, 3.8) is 0 Å². The molecule has 0 N–H and O–H groups in total. The highest BCUT2D eigenvalue weighted by Gasteiger charge is 2.54. The van der Waals surface area contributed by atoms with Gasteiger partial charge in [-0.3, -0.25) is 0 Å². The van der Waals surface area contributed by atoms with E-state index in [1.807, 2.05) is 30.3 Å². The minimum absolute atomic E-state index is 0.136. The molecule has 1 heterocycles. The highest BCUT2D eigenvalue weighted by molar-refractivity contribution is 5.69. The summed E-state index contributed by atoms with van der Waals surface area (Å²) < 4.78 is 5.73. The Bertz CT molecular complexity index is 877. The van der Waals surface area contributed by atoms with Gasteiger partial charge in [-0.15, -0.1) is 0 Å². The third kappa shape index (κ3) is 2.83. The van der Waals surface area contributed by atoms with Crippen molar-refractivity contribution in [1.82, 2.24) is 4.90 Å².